The van der Waals surface area contributed by atoms with E-state index in [1.807, 2.05) is 24.3 Å². The molecule has 1 aliphatic heterocycles. The van der Waals surface area contributed by atoms with Crippen molar-refractivity contribution in [1.29, 1.82) is 0 Å². The quantitative estimate of drug-likeness (QED) is 0.222. The number of carbonyl (C=O) groups excluding carboxylic acids is 2. The number of carboxylic acid groups (broad SMARTS) is 4. The predicted molar refractivity (Wildman–Crippen MR) is 131 cm³/mol. The SMILES string of the molecule is O.O=C(O)[C@@H]1C2C=CC(C2)[C@@H]1C(=O)O.O=C(O)[C@@H]1C2CCC(C2)[C@@H]1C(=O)O.O=C1OC(=O)[C@@H]2C3C=CC(C3)C12.[HH]. The lowest BCUT2D eigenvalue weighted by molar-refractivity contribution is -0.156. The molecule has 12 heteroatoms. The summed E-state index contributed by atoms with van der Waals surface area (Å²) in [4.78, 5) is 65.7. The fourth-order valence-electron chi connectivity index (χ4n) is 8.20. The molecule has 6 aliphatic carbocycles. The molecular formula is C27H34O12. The van der Waals surface area contributed by atoms with Crippen molar-refractivity contribution in [3.8, 4) is 0 Å². The minimum absolute atomic E-state index is 0. The van der Waals surface area contributed by atoms with Gasteiger partial charge >= 0.3 is 35.8 Å². The van der Waals surface area contributed by atoms with Crippen LogP contribution in [0.1, 0.15) is 33.5 Å². The zero-order valence-electron chi connectivity index (χ0n) is 20.9. The molecule has 4 saturated carbocycles. The second kappa shape index (κ2) is 10.6. The number of fused-ring (bicyclic) bond motifs is 9. The number of esters is 2. The van der Waals surface area contributed by atoms with E-state index < -0.39 is 47.5 Å². The van der Waals surface area contributed by atoms with E-state index in [1.54, 1.807) is 0 Å². The van der Waals surface area contributed by atoms with Crippen LogP contribution in [-0.4, -0.2) is 61.7 Å². The van der Waals surface area contributed by atoms with Crippen LogP contribution in [0.5, 0.6) is 0 Å². The van der Waals surface area contributed by atoms with Crippen molar-refractivity contribution in [2.75, 3.05) is 0 Å². The number of carbonyl (C=O) groups is 6. The number of hydrogen-bond donors (Lipinski definition) is 4. The normalized spacial score (nSPS) is 42.6. The van der Waals surface area contributed by atoms with Crippen molar-refractivity contribution in [2.45, 2.75) is 32.1 Å². The largest absolute Gasteiger partial charge is 0.481 e. The van der Waals surface area contributed by atoms with Crippen molar-refractivity contribution >= 4 is 35.8 Å². The molecule has 12 nitrogen and oxygen atoms in total. The highest BCUT2D eigenvalue weighted by Gasteiger charge is 2.58. The van der Waals surface area contributed by atoms with E-state index in [-0.39, 0.29) is 66.2 Å². The fourth-order valence-corrected chi connectivity index (χ4v) is 8.20. The lowest BCUT2D eigenvalue weighted by Gasteiger charge is -2.24. The third kappa shape index (κ3) is 4.75. The molecule has 1 saturated heterocycles. The summed E-state index contributed by atoms with van der Waals surface area (Å²) < 4.78 is 4.59. The molecule has 0 amide bonds. The molecular weight excluding hydrogens is 516 g/mol. The van der Waals surface area contributed by atoms with E-state index in [0.717, 1.165) is 25.7 Å². The molecule has 7 rings (SSSR count). The van der Waals surface area contributed by atoms with E-state index in [2.05, 4.69) is 4.74 Å². The molecule has 1 heterocycles. The highest BCUT2D eigenvalue weighted by Crippen LogP contribution is 2.53. The van der Waals surface area contributed by atoms with Gasteiger partial charge in [-0.2, -0.15) is 0 Å². The molecule has 7 aliphatic rings. The second-order valence-corrected chi connectivity index (χ2v) is 11.5. The number of hydrogen-bond acceptors (Lipinski definition) is 7. The van der Waals surface area contributed by atoms with Crippen LogP contribution in [0.15, 0.2) is 24.3 Å². The molecule has 214 valence electrons. The Morgan fingerprint density at radius 3 is 1.28 bits per heavy atom. The van der Waals surface area contributed by atoms with Gasteiger partial charge < -0.3 is 30.6 Å². The van der Waals surface area contributed by atoms with Crippen LogP contribution in [0.3, 0.4) is 0 Å². The van der Waals surface area contributed by atoms with Crippen molar-refractivity contribution in [3.63, 3.8) is 0 Å². The van der Waals surface area contributed by atoms with Crippen LogP contribution in [0.25, 0.3) is 0 Å². The van der Waals surface area contributed by atoms with Gasteiger partial charge in [0.05, 0.1) is 35.5 Å². The van der Waals surface area contributed by atoms with Crippen LogP contribution in [0.4, 0.5) is 0 Å². The van der Waals surface area contributed by atoms with Gasteiger partial charge in [-0.05, 0) is 67.6 Å². The molecule has 6 N–H and O–H groups in total. The Morgan fingerprint density at radius 2 is 0.923 bits per heavy atom. The predicted octanol–water partition coefficient (Wildman–Crippen LogP) is 1.34. The molecule has 0 aromatic heterocycles. The second-order valence-electron chi connectivity index (χ2n) is 11.5. The van der Waals surface area contributed by atoms with Gasteiger partial charge in [0.2, 0.25) is 0 Å². The first-order valence-corrected chi connectivity index (χ1v) is 13.0. The summed E-state index contributed by atoms with van der Waals surface area (Å²) in [5.74, 6) is -6.76. The third-order valence-corrected chi connectivity index (χ3v) is 9.72. The van der Waals surface area contributed by atoms with Gasteiger partial charge in [0, 0.05) is 1.43 Å². The standard InChI is InChI=1S/C9H12O4.C9H10O4.C9H8O3.H2O.H2/c2*10-8(11)6-4-1-2-5(3-4)7(6)9(12)13;10-8-6-4-1-2-5(3-4)7(6)9(11)12-8;;/h4-7H,1-3H2,(H,10,11)(H,12,13);1-2,4-7H,3H2,(H,10,11)(H,12,13);1-2,4-7H,3H2;1H2;1H/t2*4?,5?,6-,7+;4?,5?,6-,7?;;/m..1../s1. The van der Waals surface area contributed by atoms with Crippen LogP contribution in [-0.2, 0) is 33.5 Å². The Morgan fingerprint density at radius 1 is 0.590 bits per heavy atom. The molecule has 12 atom stereocenters. The van der Waals surface area contributed by atoms with Crippen molar-refractivity contribution < 1.29 is 60.8 Å². The Labute approximate surface area is 224 Å². The average Bonchev–Trinajstić information content (AvgIpc) is 3.70. The average molecular weight is 551 g/mol. The van der Waals surface area contributed by atoms with Crippen molar-refractivity contribution in [3.05, 3.63) is 24.3 Å². The maximum absolute atomic E-state index is 11.2. The molecule has 0 aromatic carbocycles. The first kappa shape index (κ1) is 28.5. The maximum atomic E-state index is 11.2. The monoisotopic (exact) mass is 550 g/mol. The fraction of sp³-hybridized carbons (Fsp3) is 0.630. The smallest absolute Gasteiger partial charge is 0.318 e. The molecule has 0 radical (unpaired) electrons. The van der Waals surface area contributed by atoms with E-state index >= 15 is 0 Å². The lowest BCUT2D eigenvalue weighted by atomic mass is 9.79. The summed E-state index contributed by atoms with van der Waals surface area (Å²) in [6.45, 7) is 0. The Kier molecular flexibility index (Phi) is 7.70. The van der Waals surface area contributed by atoms with E-state index in [9.17, 15) is 28.8 Å². The van der Waals surface area contributed by atoms with Crippen LogP contribution < -0.4 is 0 Å². The zero-order valence-corrected chi connectivity index (χ0v) is 20.9. The van der Waals surface area contributed by atoms with Crippen molar-refractivity contribution in [2.24, 2.45) is 71.0 Å². The first-order chi connectivity index (χ1) is 18.0. The first-order valence-electron chi connectivity index (χ1n) is 13.0. The Bertz CT molecular complexity index is 1060. The van der Waals surface area contributed by atoms with Gasteiger partial charge in [0.15, 0.2) is 0 Å². The van der Waals surface area contributed by atoms with E-state index in [1.165, 1.54) is 0 Å². The number of aliphatic carboxylic acids is 4. The molecule has 0 aromatic rings. The molecule has 6 bridgehead atoms. The lowest BCUT2D eigenvalue weighted by Crippen LogP contribution is -2.34. The highest BCUT2D eigenvalue weighted by atomic mass is 16.6. The molecule has 0 spiro atoms. The maximum Gasteiger partial charge on any atom is 0.318 e. The molecule has 7 unspecified atom stereocenters. The molecule has 39 heavy (non-hydrogen) atoms. The summed E-state index contributed by atoms with van der Waals surface area (Å²) >= 11 is 0. The van der Waals surface area contributed by atoms with Gasteiger partial charge in [-0.1, -0.05) is 24.3 Å². The van der Waals surface area contributed by atoms with Crippen LogP contribution in [0, 0.1) is 71.0 Å². The molecule has 5 fully saturated rings. The summed E-state index contributed by atoms with van der Waals surface area (Å²) in [6, 6.07) is 0. The minimum Gasteiger partial charge on any atom is -0.481 e. The van der Waals surface area contributed by atoms with Gasteiger partial charge in [-0.3, -0.25) is 28.8 Å². The number of rotatable bonds is 4. The van der Waals surface area contributed by atoms with Crippen molar-refractivity contribution in [1.82, 2.24) is 0 Å². The van der Waals surface area contributed by atoms with E-state index in [4.69, 9.17) is 20.4 Å². The third-order valence-electron chi connectivity index (χ3n) is 9.72. The topological polar surface area (TPSA) is 224 Å². The minimum atomic E-state index is -0.982. The Balaban J connectivity index is 0.000000161. The van der Waals surface area contributed by atoms with E-state index in [0.29, 0.717) is 6.42 Å². The van der Waals surface area contributed by atoms with Gasteiger partial charge in [0.25, 0.3) is 0 Å². The van der Waals surface area contributed by atoms with Gasteiger partial charge in [0.1, 0.15) is 0 Å². The Hall–Kier alpha value is -3.54. The number of carboxylic acids is 4. The number of allylic oxidation sites excluding steroid dienone is 4. The summed E-state index contributed by atoms with van der Waals surface area (Å²) in [5, 5.41) is 35.5. The van der Waals surface area contributed by atoms with Gasteiger partial charge in [-0.15, -0.1) is 0 Å². The van der Waals surface area contributed by atoms with Crippen LogP contribution >= 0.6 is 0 Å². The number of cyclic esters (lactones) is 2. The summed E-state index contributed by atoms with van der Waals surface area (Å²) in [5.41, 5.74) is 0. The summed E-state index contributed by atoms with van der Waals surface area (Å²) in [6.07, 6.45) is 12.0. The van der Waals surface area contributed by atoms with Gasteiger partial charge in [-0.25, -0.2) is 0 Å². The number of ether oxygens (including phenoxy) is 1. The summed E-state index contributed by atoms with van der Waals surface area (Å²) in [7, 11) is 0. The highest BCUT2D eigenvalue weighted by molar-refractivity contribution is 5.98. The van der Waals surface area contributed by atoms with Crippen LogP contribution in [0.2, 0.25) is 0 Å². The zero-order chi connectivity index (χ0) is 27.5.